The highest BCUT2D eigenvalue weighted by atomic mass is 16.6. The highest BCUT2D eigenvalue weighted by Crippen LogP contribution is 2.29. The second-order valence-electron chi connectivity index (χ2n) is 4.39. The zero-order chi connectivity index (χ0) is 13.8. The molecule has 19 heavy (non-hydrogen) atoms. The van der Waals surface area contributed by atoms with E-state index in [9.17, 15) is 10.1 Å². The lowest BCUT2D eigenvalue weighted by atomic mass is 10.1. The molecular weight excluding hydrogens is 248 g/mol. The van der Waals surface area contributed by atoms with Gasteiger partial charge >= 0.3 is 5.69 Å². The fourth-order valence-electron chi connectivity index (χ4n) is 2.06. The Morgan fingerprint density at radius 2 is 2.11 bits per heavy atom. The van der Waals surface area contributed by atoms with E-state index in [0.717, 1.165) is 24.9 Å². The molecule has 1 aromatic heterocycles. The summed E-state index contributed by atoms with van der Waals surface area (Å²) in [6.45, 7) is 4.21. The standard InChI is InChI=1S/C12H16N4O3/c1-3-5-8(4-2)13-9-6-7-10(16(17)18)12-11(9)14-19-15-12/h6-8,13H,3-5H2,1-2H3. The van der Waals surface area contributed by atoms with Gasteiger partial charge in [0, 0.05) is 12.1 Å². The first-order chi connectivity index (χ1) is 9.17. The highest BCUT2D eigenvalue weighted by Gasteiger charge is 2.20. The first kappa shape index (κ1) is 13.3. The van der Waals surface area contributed by atoms with Crippen LogP contribution in [0.2, 0.25) is 0 Å². The maximum atomic E-state index is 10.9. The van der Waals surface area contributed by atoms with Crippen molar-refractivity contribution >= 4 is 22.4 Å². The van der Waals surface area contributed by atoms with Gasteiger partial charge in [-0.2, -0.15) is 0 Å². The van der Waals surface area contributed by atoms with Gasteiger partial charge in [0.15, 0.2) is 5.52 Å². The van der Waals surface area contributed by atoms with Crippen LogP contribution >= 0.6 is 0 Å². The lowest BCUT2D eigenvalue weighted by molar-refractivity contribution is -0.383. The molecule has 0 bridgehead atoms. The van der Waals surface area contributed by atoms with Crippen LogP contribution in [0.4, 0.5) is 11.4 Å². The number of nitrogens with one attached hydrogen (secondary N) is 1. The molecule has 0 fully saturated rings. The van der Waals surface area contributed by atoms with Crippen LogP contribution in [0.1, 0.15) is 33.1 Å². The number of hydrogen-bond acceptors (Lipinski definition) is 6. The molecule has 1 aromatic carbocycles. The van der Waals surface area contributed by atoms with Crippen LogP contribution in [-0.2, 0) is 0 Å². The van der Waals surface area contributed by atoms with Gasteiger partial charge < -0.3 is 5.32 Å². The van der Waals surface area contributed by atoms with Crippen LogP contribution < -0.4 is 5.32 Å². The summed E-state index contributed by atoms with van der Waals surface area (Å²) in [6, 6.07) is 3.39. The van der Waals surface area contributed by atoms with Crippen LogP contribution in [0.15, 0.2) is 16.8 Å². The van der Waals surface area contributed by atoms with Gasteiger partial charge in [-0.25, -0.2) is 4.63 Å². The predicted molar refractivity (Wildman–Crippen MR) is 71.1 cm³/mol. The van der Waals surface area contributed by atoms with Gasteiger partial charge in [-0.05, 0) is 29.2 Å². The summed E-state index contributed by atoms with van der Waals surface area (Å²) >= 11 is 0. The van der Waals surface area contributed by atoms with Gasteiger partial charge in [-0.1, -0.05) is 20.3 Å². The fourth-order valence-corrected chi connectivity index (χ4v) is 2.06. The minimum absolute atomic E-state index is 0.0923. The number of nitro groups is 1. The average Bonchev–Trinajstić information content (AvgIpc) is 2.87. The molecule has 7 heteroatoms. The molecule has 0 radical (unpaired) electrons. The summed E-state index contributed by atoms with van der Waals surface area (Å²) in [7, 11) is 0. The summed E-state index contributed by atoms with van der Waals surface area (Å²) in [5.74, 6) is 0. The van der Waals surface area contributed by atoms with E-state index in [1.165, 1.54) is 6.07 Å². The molecule has 2 rings (SSSR count). The number of benzene rings is 1. The van der Waals surface area contributed by atoms with E-state index in [2.05, 4.69) is 34.1 Å². The smallest absolute Gasteiger partial charge is 0.300 e. The quantitative estimate of drug-likeness (QED) is 0.636. The van der Waals surface area contributed by atoms with Crippen LogP contribution in [0.3, 0.4) is 0 Å². The number of nitro benzene ring substituents is 1. The monoisotopic (exact) mass is 264 g/mol. The molecule has 0 aliphatic rings. The van der Waals surface area contributed by atoms with E-state index in [1.807, 2.05) is 0 Å². The zero-order valence-corrected chi connectivity index (χ0v) is 10.9. The van der Waals surface area contributed by atoms with Crippen molar-refractivity contribution in [2.45, 2.75) is 39.2 Å². The van der Waals surface area contributed by atoms with Crippen molar-refractivity contribution in [1.82, 2.24) is 10.3 Å². The first-order valence-corrected chi connectivity index (χ1v) is 6.33. The van der Waals surface area contributed by atoms with Crippen molar-refractivity contribution in [1.29, 1.82) is 0 Å². The molecule has 0 saturated carbocycles. The van der Waals surface area contributed by atoms with E-state index in [0.29, 0.717) is 11.6 Å². The lowest BCUT2D eigenvalue weighted by Crippen LogP contribution is -2.18. The Bertz CT molecular complexity index is 581. The largest absolute Gasteiger partial charge is 0.380 e. The minimum Gasteiger partial charge on any atom is -0.380 e. The van der Waals surface area contributed by atoms with Gasteiger partial charge in [0.05, 0.1) is 10.6 Å². The number of aromatic nitrogens is 2. The number of nitrogens with zero attached hydrogens (tertiary/aromatic N) is 3. The second kappa shape index (κ2) is 5.64. The predicted octanol–water partition coefficient (Wildman–Crippen LogP) is 3.12. The van der Waals surface area contributed by atoms with Crippen LogP contribution in [0, 0.1) is 10.1 Å². The van der Waals surface area contributed by atoms with Gasteiger partial charge in [0.25, 0.3) is 0 Å². The first-order valence-electron chi connectivity index (χ1n) is 6.33. The Balaban J connectivity index is 2.37. The van der Waals surface area contributed by atoms with E-state index >= 15 is 0 Å². The lowest BCUT2D eigenvalue weighted by Gasteiger charge is -2.17. The van der Waals surface area contributed by atoms with Crippen molar-refractivity contribution in [3.8, 4) is 0 Å². The molecule has 0 amide bonds. The number of hydrogen-bond donors (Lipinski definition) is 1. The molecule has 1 unspecified atom stereocenters. The third-order valence-corrected chi connectivity index (χ3v) is 3.08. The Labute approximate surface area is 110 Å². The van der Waals surface area contributed by atoms with Crippen LogP contribution in [-0.4, -0.2) is 21.3 Å². The Morgan fingerprint density at radius 1 is 1.37 bits per heavy atom. The van der Waals surface area contributed by atoms with Gasteiger partial charge in [0.2, 0.25) is 5.52 Å². The summed E-state index contributed by atoms with van der Waals surface area (Å²) < 4.78 is 4.63. The zero-order valence-electron chi connectivity index (χ0n) is 10.9. The Hall–Kier alpha value is -2.18. The van der Waals surface area contributed by atoms with E-state index in [1.54, 1.807) is 6.07 Å². The van der Waals surface area contributed by atoms with E-state index in [-0.39, 0.29) is 11.2 Å². The molecule has 102 valence electrons. The molecule has 0 saturated heterocycles. The Morgan fingerprint density at radius 3 is 2.74 bits per heavy atom. The maximum absolute atomic E-state index is 10.9. The molecule has 1 atom stereocenters. The molecule has 1 N–H and O–H groups in total. The van der Waals surface area contributed by atoms with Crippen molar-refractivity contribution in [2.75, 3.05) is 5.32 Å². The summed E-state index contributed by atoms with van der Waals surface area (Å²) in [4.78, 5) is 10.4. The topological polar surface area (TPSA) is 94.1 Å². The van der Waals surface area contributed by atoms with E-state index < -0.39 is 4.92 Å². The minimum atomic E-state index is -0.486. The number of fused-ring (bicyclic) bond motifs is 1. The molecule has 0 spiro atoms. The fraction of sp³-hybridized carbons (Fsp3) is 0.500. The summed E-state index contributed by atoms with van der Waals surface area (Å²) in [5.41, 5.74) is 1.22. The highest BCUT2D eigenvalue weighted by molar-refractivity contribution is 5.93. The van der Waals surface area contributed by atoms with Gasteiger partial charge in [-0.3, -0.25) is 10.1 Å². The van der Waals surface area contributed by atoms with Crippen molar-refractivity contribution in [3.63, 3.8) is 0 Å². The normalized spacial score (nSPS) is 12.5. The average molecular weight is 264 g/mol. The van der Waals surface area contributed by atoms with Gasteiger partial charge in [-0.15, -0.1) is 0 Å². The SMILES string of the molecule is CCCC(CC)Nc1ccc([N+](=O)[O-])c2nonc12. The van der Waals surface area contributed by atoms with Crippen molar-refractivity contribution in [2.24, 2.45) is 0 Å². The molecular formula is C12H16N4O3. The maximum Gasteiger partial charge on any atom is 0.300 e. The third-order valence-electron chi connectivity index (χ3n) is 3.08. The molecule has 2 aromatic rings. The molecule has 7 nitrogen and oxygen atoms in total. The molecule has 0 aliphatic carbocycles. The second-order valence-corrected chi connectivity index (χ2v) is 4.39. The number of anilines is 1. The molecule has 1 heterocycles. The number of rotatable bonds is 6. The molecule has 0 aliphatic heterocycles. The Kier molecular flexibility index (Phi) is 3.94. The van der Waals surface area contributed by atoms with Gasteiger partial charge in [0.1, 0.15) is 0 Å². The van der Waals surface area contributed by atoms with Crippen LogP contribution in [0.25, 0.3) is 11.0 Å². The van der Waals surface area contributed by atoms with Crippen molar-refractivity contribution in [3.05, 3.63) is 22.2 Å². The summed E-state index contributed by atoms with van der Waals surface area (Å²) in [5, 5.41) is 21.6. The van der Waals surface area contributed by atoms with E-state index in [4.69, 9.17) is 0 Å². The summed E-state index contributed by atoms with van der Waals surface area (Å²) in [6.07, 6.45) is 3.07. The van der Waals surface area contributed by atoms with Crippen molar-refractivity contribution < 1.29 is 9.55 Å². The third kappa shape index (κ3) is 2.64. The van der Waals surface area contributed by atoms with Crippen LogP contribution in [0.5, 0.6) is 0 Å². The number of non-ortho nitro benzene ring substituents is 1.